The lowest BCUT2D eigenvalue weighted by Crippen LogP contribution is -2.04. The van der Waals surface area contributed by atoms with E-state index in [1.54, 1.807) is 19.1 Å². The van der Waals surface area contributed by atoms with Crippen molar-refractivity contribution in [3.63, 3.8) is 0 Å². The molecule has 0 spiro atoms. The SMILES string of the molecule is CCS(=O)(=O)c1ccc(CCS(=O)(=O)Cl)cc1. The molecule has 0 amide bonds. The van der Waals surface area contributed by atoms with Crippen LogP contribution in [0.25, 0.3) is 0 Å². The van der Waals surface area contributed by atoms with E-state index >= 15 is 0 Å². The molecule has 4 nitrogen and oxygen atoms in total. The summed E-state index contributed by atoms with van der Waals surface area (Å²) in [6.07, 6.45) is 0.276. The summed E-state index contributed by atoms with van der Waals surface area (Å²) in [5.74, 6) is -0.114. The highest BCUT2D eigenvalue weighted by atomic mass is 35.7. The van der Waals surface area contributed by atoms with Gasteiger partial charge in [-0.25, -0.2) is 16.8 Å². The van der Waals surface area contributed by atoms with Crippen LogP contribution in [0.3, 0.4) is 0 Å². The van der Waals surface area contributed by atoms with Gasteiger partial charge in [0.25, 0.3) is 0 Å². The highest BCUT2D eigenvalue weighted by Crippen LogP contribution is 2.13. The standard InChI is InChI=1S/C10H13ClO4S2/c1-2-16(12,13)10-5-3-9(4-6-10)7-8-17(11,14)15/h3-6H,2,7-8H2,1H3. The second-order valence-electron chi connectivity index (χ2n) is 3.54. The number of benzene rings is 1. The smallest absolute Gasteiger partial charge is 0.224 e. The van der Waals surface area contributed by atoms with E-state index in [2.05, 4.69) is 0 Å². The first kappa shape index (κ1) is 14.5. The summed E-state index contributed by atoms with van der Waals surface area (Å²) in [5.41, 5.74) is 0.740. The number of hydrogen-bond acceptors (Lipinski definition) is 4. The van der Waals surface area contributed by atoms with Gasteiger partial charge in [-0.3, -0.25) is 0 Å². The molecule has 0 radical (unpaired) electrons. The van der Waals surface area contributed by atoms with Crippen LogP contribution >= 0.6 is 10.7 Å². The minimum Gasteiger partial charge on any atom is -0.224 e. The van der Waals surface area contributed by atoms with Gasteiger partial charge in [-0.15, -0.1) is 0 Å². The summed E-state index contributed by atoms with van der Waals surface area (Å²) in [7, 11) is -1.63. The molecule has 0 saturated heterocycles. The first-order valence-electron chi connectivity index (χ1n) is 4.98. The van der Waals surface area contributed by atoms with E-state index in [0.29, 0.717) is 0 Å². The van der Waals surface area contributed by atoms with E-state index in [0.717, 1.165) is 5.56 Å². The van der Waals surface area contributed by atoms with Gasteiger partial charge >= 0.3 is 0 Å². The quantitative estimate of drug-likeness (QED) is 0.774. The molecule has 0 aliphatic rings. The maximum atomic E-state index is 11.5. The number of sulfone groups is 1. The maximum absolute atomic E-state index is 11.5. The van der Waals surface area contributed by atoms with E-state index in [4.69, 9.17) is 10.7 Å². The molecule has 0 heterocycles. The number of halogens is 1. The van der Waals surface area contributed by atoms with Crippen molar-refractivity contribution in [2.75, 3.05) is 11.5 Å². The van der Waals surface area contributed by atoms with Crippen LogP contribution in [0.5, 0.6) is 0 Å². The summed E-state index contributed by atoms with van der Waals surface area (Å²) >= 11 is 0. The van der Waals surface area contributed by atoms with Crippen molar-refractivity contribution in [1.82, 2.24) is 0 Å². The molecule has 0 unspecified atom stereocenters. The molecule has 0 aliphatic heterocycles. The third-order valence-electron chi connectivity index (χ3n) is 2.30. The van der Waals surface area contributed by atoms with E-state index in [1.807, 2.05) is 0 Å². The molecule has 0 atom stereocenters. The molecular formula is C10H13ClO4S2. The lowest BCUT2D eigenvalue weighted by Gasteiger charge is -2.03. The van der Waals surface area contributed by atoms with Gasteiger partial charge in [-0.05, 0) is 24.1 Å². The molecule has 0 aromatic heterocycles. The Morgan fingerprint density at radius 2 is 1.59 bits per heavy atom. The zero-order valence-corrected chi connectivity index (χ0v) is 11.6. The third kappa shape index (κ3) is 4.65. The Bertz CT molecular complexity index is 573. The van der Waals surface area contributed by atoms with Crippen LogP contribution < -0.4 is 0 Å². The van der Waals surface area contributed by atoms with Crippen molar-refractivity contribution >= 4 is 29.6 Å². The fourth-order valence-electron chi connectivity index (χ4n) is 1.27. The summed E-state index contributed by atoms with van der Waals surface area (Å²) in [6, 6.07) is 6.17. The lowest BCUT2D eigenvalue weighted by atomic mass is 10.2. The Labute approximate surface area is 106 Å². The van der Waals surface area contributed by atoms with E-state index in [9.17, 15) is 16.8 Å². The Morgan fingerprint density at radius 3 is 2.00 bits per heavy atom. The van der Waals surface area contributed by atoms with Crippen molar-refractivity contribution in [2.24, 2.45) is 0 Å². The average Bonchev–Trinajstić information content (AvgIpc) is 2.26. The van der Waals surface area contributed by atoms with Crippen LogP contribution in [-0.4, -0.2) is 28.3 Å². The fraction of sp³-hybridized carbons (Fsp3) is 0.400. The zero-order valence-electron chi connectivity index (χ0n) is 9.26. The van der Waals surface area contributed by atoms with Gasteiger partial charge in [0.15, 0.2) is 9.84 Å². The van der Waals surface area contributed by atoms with Gasteiger partial charge in [0.05, 0.1) is 16.4 Å². The number of aryl methyl sites for hydroxylation is 1. The van der Waals surface area contributed by atoms with E-state index < -0.39 is 18.9 Å². The first-order valence-corrected chi connectivity index (χ1v) is 9.12. The molecular weight excluding hydrogens is 284 g/mol. The van der Waals surface area contributed by atoms with Gasteiger partial charge in [-0.2, -0.15) is 0 Å². The van der Waals surface area contributed by atoms with E-state index in [-0.39, 0.29) is 22.8 Å². The highest BCUT2D eigenvalue weighted by molar-refractivity contribution is 8.13. The molecule has 0 aliphatic carbocycles. The van der Waals surface area contributed by atoms with Gasteiger partial charge in [0, 0.05) is 10.7 Å². The zero-order chi connectivity index (χ0) is 13.1. The monoisotopic (exact) mass is 296 g/mol. The Balaban J connectivity index is 2.83. The van der Waals surface area contributed by atoms with Crippen molar-refractivity contribution in [1.29, 1.82) is 0 Å². The largest absolute Gasteiger partial charge is 0.232 e. The van der Waals surface area contributed by atoms with Crippen molar-refractivity contribution in [3.8, 4) is 0 Å². The van der Waals surface area contributed by atoms with Crippen molar-refractivity contribution < 1.29 is 16.8 Å². The van der Waals surface area contributed by atoms with Crippen molar-refractivity contribution in [2.45, 2.75) is 18.2 Å². The molecule has 1 aromatic rings. The molecule has 0 bridgehead atoms. The summed E-state index contributed by atoms with van der Waals surface area (Å²) < 4.78 is 44.5. The van der Waals surface area contributed by atoms with Crippen molar-refractivity contribution in [3.05, 3.63) is 29.8 Å². The lowest BCUT2D eigenvalue weighted by molar-refractivity contribution is 0.597. The van der Waals surface area contributed by atoms with E-state index in [1.165, 1.54) is 12.1 Å². The summed E-state index contributed by atoms with van der Waals surface area (Å²) in [4.78, 5) is 0.248. The molecule has 0 fully saturated rings. The maximum Gasteiger partial charge on any atom is 0.232 e. The van der Waals surface area contributed by atoms with Crippen LogP contribution in [0.15, 0.2) is 29.2 Å². The second-order valence-corrected chi connectivity index (χ2v) is 8.72. The number of rotatable bonds is 5. The molecule has 0 N–H and O–H groups in total. The van der Waals surface area contributed by atoms with Gasteiger partial charge in [0.1, 0.15) is 0 Å². The minimum atomic E-state index is -3.51. The molecule has 17 heavy (non-hydrogen) atoms. The third-order valence-corrected chi connectivity index (χ3v) is 5.20. The molecule has 7 heteroatoms. The normalized spacial score (nSPS) is 12.6. The summed E-state index contributed by atoms with van der Waals surface area (Å²) in [6.45, 7) is 1.57. The molecule has 1 aromatic carbocycles. The minimum absolute atomic E-state index is 0.0441. The predicted octanol–water partition coefficient (Wildman–Crippen LogP) is 1.59. The van der Waals surface area contributed by atoms with Gasteiger partial charge < -0.3 is 0 Å². The highest BCUT2D eigenvalue weighted by Gasteiger charge is 2.11. The topological polar surface area (TPSA) is 68.3 Å². The second kappa shape index (κ2) is 5.37. The van der Waals surface area contributed by atoms with Crippen LogP contribution in [0.4, 0.5) is 0 Å². The van der Waals surface area contributed by atoms with Crippen LogP contribution in [0.1, 0.15) is 12.5 Å². The molecule has 0 saturated carbocycles. The average molecular weight is 297 g/mol. The molecule has 96 valence electrons. The van der Waals surface area contributed by atoms with Gasteiger partial charge in [0.2, 0.25) is 9.05 Å². The Morgan fingerprint density at radius 1 is 1.06 bits per heavy atom. The predicted molar refractivity (Wildman–Crippen MR) is 67.5 cm³/mol. The first-order chi connectivity index (χ1) is 7.74. The number of hydrogen-bond donors (Lipinski definition) is 0. The Hall–Kier alpha value is -0.590. The molecule has 1 rings (SSSR count). The fourth-order valence-corrected chi connectivity index (χ4v) is 2.86. The summed E-state index contributed by atoms with van der Waals surface area (Å²) in [5, 5.41) is 0. The van der Waals surface area contributed by atoms with Crippen LogP contribution in [-0.2, 0) is 25.3 Å². The van der Waals surface area contributed by atoms with Gasteiger partial charge in [-0.1, -0.05) is 19.1 Å². The Kier molecular flexibility index (Phi) is 4.57. The van der Waals surface area contributed by atoms with Crippen LogP contribution in [0.2, 0.25) is 0 Å². The van der Waals surface area contributed by atoms with Crippen LogP contribution in [0, 0.1) is 0 Å².